The molecule has 0 bridgehead atoms. The molecule has 19 heavy (non-hydrogen) atoms. The molecule has 108 valence electrons. The van der Waals surface area contributed by atoms with Gasteiger partial charge in [0.05, 0.1) is 25.0 Å². The molecule has 0 amide bonds. The lowest BCUT2D eigenvalue weighted by molar-refractivity contribution is 0.0165. The molecule has 1 fully saturated rings. The molecule has 0 aliphatic carbocycles. The molecule has 0 aromatic carbocycles. The van der Waals surface area contributed by atoms with Crippen molar-refractivity contribution in [2.24, 2.45) is 0 Å². The van der Waals surface area contributed by atoms with Crippen molar-refractivity contribution in [1.29, 1.82) is 0 Å². The largest absolute Gasteiger partial charge is 0.468 e. The maximum atomic E-state index is 5.64. The first-order valence-corrected chi connectivity index (χ1v) is 7.36. The van der Waals surface area contributed by atoms with Crippen LogP contribution in [0, 0.1) is 0 Å². The van der Waals surface area contributed by atoms with Crippen LogP contribution in [-0.4, -0.2) is 32.5 Å². The molecular weight excluding hydrogens is 242 g/mol. The normalized spacial score (nSPS) is 20.8. The van der Waals surface area contributed by atoms with E-state index in [1.807, 2.05) is 12.1 Å². The van der Waals surface area contributed by atoms with E-state index in [1.54, 1.807) is 6.26 Å². The third kappa shape index (κ3) is 4.97. The van der Waals surface area contributed by atoms with Gasteiger partial charge in [-0.15, -0.1) is 0 Å². The van der Waals surface area contributed by atoms with Crippen LogP contribution in [0.1, 0.15) is 44.4 Å². The predicted molar refractivity (Wildman–Crippen MR) is 74.2 cm³/mol. The monoisotopic (exact) mass is 267 g/mol. The number of hydrogen-bond acceptors (Lipinski definition) is 4. The van der Waals surface area contributed by atoms with E-state index in [-0.39, 0.29) is 0 Å². The fourth-order valence-electron chi connectivity index (χ4n) is 2.38. The van der Waals surface area contributed by atoms with E-state index in [9.17, 15) is 0 Å². The number of nitrogens with one attached hydrogen (secondary N) is 1. The second kappa shape index (κ2) is 8.35. The van der Waals surface area contributed by atoms with E-state index in [1.165, 1.54) is 6.42 Å². The molecule has 1 aliphatic rings. The summed E-state index contributed by atoms with van der Waals surface area (Å²) in [6, 6.07) is 4.27. The van der Waals surface area contributed by atoms with Gasteiger partial charge in [0.15, 0.2) is 0 Å². The third-order valence-corrected chi connectivity index (χ3v) is 3.48. The Hall–Kier alpha value is -0.840. The standard InChI is InChI=1S/C15H25NO3/c1-2-14(15-7-4-11-19-15)16-8-5-9-17-12-13-6-3-10-18-13/h4,7,11,13-14,16H,2-3,5-6,8-10,12H2,1H3. The van der Waals surface area contributed by atoms with E-state index in [0.717, 1.165) is 51.4 Å². The highest BCUT2D eigenvalue weighted by atomic mass is 16.5. The van der Waals surface area contributed by atoms with Crippen molar-refractivity contribution in [1.82, 2.24) is 5.32 Å². The summed E-state index contributed by atoms with van der Waals surface area (Å²) in [4.78, 5) is 0. The van der Waals surface area contributed by atoms with E-state index >= 15 is 0 Å². The highest BCUT2D eigenvalue weighted by Crippen LogP contribution is 2.16. The van der Waals surface area contributed by atoms with E-state index in [4.69, 9.17) is 13.9 Å². The summed E-state index contributed by atoms with van der Waals surface area (Å²) in [5.41, 5.74) is 0. The predicted octanol–water partition coefficient (Wildman–Crippen LogP) is 2.91. The molecule has 0 saturated carbocycles. The van der Waals surface area contributed by atoms with Gasteiger partial charge in [0.25, 0.3) is 0 Å². The summed E-state index contributed by atoms with van der Waals surface area (Å²) in [6.45, 7) is 5.55. The van der Waals surface area contributed by atoms with Crippen LogP contribution >= 0.6 is 0 Å². The van der Waals surface area contributed by atoms with Crippen LogP contribution in [0.15, 0.2) is 22.8 Å². The van der Waals surface area contributed by atoms with Crippen molar-refractivity contribution >= 4 is 0 Å². The van der Waals surface area contributed by atoms with Crippen molar-refractivity contribution in [2.75, 3.05) is 26.4 Å². The Balaban J connectivity index is 1.51. The van der Waals surface area contributed by atoms with Crippen LogP contribution in [0.4, 0.5) is 0 Å². The Kier molecular flexibility index (Phi) is 6.41. The quantitative estimate of drug-likeness (QED) is 0.699. The molecule has 4 heteroatoms. The van der Waals surface area contributed by atoms with Gasteiger partial charge in [-0.25, -0.2) is 0 Å². The second-order valence-corrected chi connectivity index (χ2v) is 4.99. The van der Waals surface area contributed by atoms with Crippen LogP contribution in [0.2, 0.25) is 0 Å². The van der Waals surface area contributed by atoms with Crippen LogP contribution in [0.25, 0.3) is 0 Å². The maximum absolute atomic E-state index is 5.64. The molecule has 1 aromatic heterocycles. The minimum atomic E-state index is 0.313. The SMILES string of the molecule is CCC(NCCCOCC1CCCO1)c1ccco1. The summed E-state index contributed by atoms with van der Waals surface area (Å²) >= 11 is 0. The van der Waals surface area contributed by atoms with E-state index < -0.39 is 0 Å². The smallest absolute Gasteiger partial charge is 0.120 e. The van der Waals surface area contributed by atoms with Crippen LogP contribution in [0.3, 0.4) is 0 Å². The van der Waals surface area contributed by atoms with Crippen molar-refractivity contribution in [3.8, 4) is 0 Å². The first-order chi connectivity index (χ1) is 9.40. The lowest BCUT2D eigenvalue weighted by Crippen LogP contribution is -2.23. The molecule has 1 aromatic rings. The molecule has 2 unspecified atom stereocenters. The highest BCUT2D eigenvalue weighted by molar-refractivity contribution is 5.03. The van der Waals surface area contributed by atoms with Gasteiger partial charge in [-0.3, -0.25) is 0 Å². The highest BCUT2D eigenvalue weighted by Gasteiger charge is 2.15. The Morgan fingerprint density at radius 1 is 1.53 bits per heavy atom. The first kappa shape index (κ1) is 14.6. The van der Waals surface area contributed by atoms with Crippen molar-refractivity contribution in [2.45, 2.75) is 44.8 Å². The van der Waals surface area contributed by atoms with Crippen LogP contribution < -0.4 is 5.32 Å². The number of furan rings is 1. The van der Waals surface area contributed by atoms with Gasteiger partial charge in [0.2, 0.25) is 0 Å². The minimum Gasteiger partial charge on any atom is -0.468 e. The van der Waals surface area contributed by atoms with Gasteiger partial charge in [-0.2, -0.15) is 0 Å². The fourth-order valence-corrected chi connectivity index (χ4v) is 2.38. The van der Waals surface area contributed by atoms with Crippen molar-refractivity contribution in [3.05, 3.63) is 24.2 Å². The van der Waals surface area contributed by atoms with Gasteiger partial charge in [-0.1, -0.05) is 6.92 Å². The van der Waals surface area contributed by atoms with Crippen LogP contribution in [-0.2, 0) is 9.47 Å². The van der Waals surface area contributed by atoms with Gasteiger partial charge >= 0.3 is 0 Å². The number of hydrogen-bond donors (Lipinski definition) is 1. The van der Waals surface area contributed by atoms with Crippen molar-refractivity contribution < 1.29 is 13.9 Å². The summed E-state index contributed by atoms with van der Waals surface area (Å²) < 4.78 is 16.6. The number of ether oxygens (including phenoxy) is 2. The number of rotatable bonds is 9. The third-order valence-electron chi connectivity index (χ3n) is 3.48. The van der Waals surface area contributed by atoms with Crippen molar-refractivity contribution in [3.63, 3.8) is 0 Å². The maximum Gasteiger partial charge on any atom is 0.120 e. The van der Waals surface area contributed by atoms with Gasteiger partial charge in [0, 0.05) is 13.2 Å². The zero-order valence-corrected chi connectivity index (χ0v) is 11.8. The van der Waals surface area contributed by atoms with Gasteiger partial charge in [0.1, 0.15) is 5.76 Å². The molecule has 4 nitrogen and oxygen atoms in total. The lowest BCUT2D eigenvalue weighted by Gasteiger charge is -2.15. The Morgan fingerprint density at radius 2 is 2.47 bits per heavy atom. The zero-order chi connectivity index (χ0) is 13.3. The van der Waals surface area contributed by atoms with Gasteiger partial charge in [-0.05, 0) is 44.4 Å². The summed E-state index contributed by atoms with van der Waals surface area (Å²) in [5.74, 6) is 1.02. The molecule has 1 aliphatic heterocycles. The summed E-state index contributed by atoms with van der Waals surface area (Å²) in [5, 5.41) is 3.50. The zero-order valence-electron chi connectivity index (χ0n) is 11.8. The molecular formula is C15H25NO3. The fraction of sp³-hybridized carbons (Fsp3) is 0.733. The average molecular weight is 267 g/mol. The Bertz CT molecular complexity index is 320. The molecule has 1 N–H and O–H groups in total. The molecule has 0 radical (unpaired) electrons. The molecule has 0 spiro atoms. The molecule has 2 atom stereocenters. The lowest BCUT2D eigenvalue weighted by atomic mass is 10.1. The van der Waals surface area contributed by atoms with Crippen LogP contribution in [0.5, 0.6) is 0 Å². The van der Waals surface area contributed by atoms with E-state index in [0.29, 0.717) is 12.1 Å². The summed E-state index contributed by atoms with van der Waals surface area (Å²) in [7, 11) is 0. The Morgan fingerprint density at radius 3 is 3.16 bits per heavy atom. The molecule has 1 saturated heterocycles. The minimum absolute atomic E-state index is 0.313. The second-order valence-electron chi connectivity index (χ2n) is 4.99. The molecule has 2 rings (SSSR count). The molecule has 2 heterocycles. The summed E-state index contributed by atoms with van der Waals surface area (Å²) in [6.07, 6.45) is 6.43. The van der Waals surface area contributed by atoms with Gasteiger partial charge < -0.3 is 19.2 Å². The Labute approximate surface area is 115 Å². The average Bonchev–Trinajstić information content (AvgIpc) is 3.11. The van der Waals surface area contributed by atoms with E-state index in [2.05, 4.69) is 12.2 Å². The topological polar surface area (TPSA) is 43.6 Å². The first-order valence-electron chi connectivity index (χ1n) is 7.36.